The van der Waals surface area contributed by atoms with Gasteiger partial charge in [0.2, 0.25) is 0 Å². The van der Waals surface area contributed by atoms with Crippen LogP contribution in [0.5, 0.6) is 0 Å². The number of piperidine rings is 1. The highest BCUT2D eigenvalue weighted by atomic mass is 35.5. The van der Waals surface area contributed by atoms with Gasteiger partial charge in [0.15, 0.2) is 0 Å². The van der Waals surface area contributed by atoms with Gasteiger partial charge in [-0.15, -0.1) is 0 Å². The van der Waals surface area contributed by atoms with E-state index >= 15 is 0 Å². The summed E-state index contributed by atoms with van der Waals surface area (Å²) in [5.74, 6) is 0.101. The number of nitriles is 1. The predicted octanol–water partition coefficient (Wildman–Crippen LogP) is 4.07. The average Bonchev–Trinajstić information content (AvgIpc) is 2.47. The van der Waals surface area contributed by atoms with Crippen LogP contribution in [-0.2, 0) is 4.79 Å². The molecule has 22 heavy (non-hydrogen) atoms. The maximum atomic E-state index is 12.2. The topological polar surface area (TPSA) is 56.1 Å². The van der Waals surface area contributed by atoms with Crippen LogP contribution >= 0.6 is 23.2 Å². The van der Waals surface area contributed by atoms with E-state index in [1.807, 2.05) is 11.0 Å². The van der Waals surface area contributed by atoms with Crippen molar-refractivity contribution in [3.8, 4) is 6.07 Å². The second-order valence-electron chi connectivity index (χ2n) is 5.48. The largest absolute Gasteiger partial charge is 0.376 e. The van der Waals surface area contributed by atoms with Gasteiger partial charge in [0.05, 0.1) is 10.7 Å². The number of carbonyl (C=O) groups excluding carboxylic acids is 1. The smallest absolute Gasteiger partial charge is 0.267 e. The highest BCUT2D eigenvalue weighted by molar-refractivity contribution is 6.36. The molecule has 0 saturated carbocycles. The number of carbonyl (C=O) groups is 1. The fourth-order valence-corrected chi connectivity index (χ4v) is 2.90. The number of hydrogen-bond acceptors (Lipinski definition) is 3. The van der Waals surface area contributed by atoms with E-state index in [2.05, 4.69) is 12.2 Å². The molecule has 6 heteroatoms. The molecule has 1 N–H and O–H groups in total. The van der Waals surface area contributed by atoms with Gasteiger partial charge in [-0.2, -0.15) is 5.26 Å². The van der Waals surface area contributed by atoms with Crippen LogP contribution in [0.2, 0.25) is 10.0 Å². The molecule has 116 valence electrons. The van der Waals surface area contributed by atoms with Crippen LogP contribution in [-0.4, -0.2) is 23.9 Å². The number of hydrogen-bond donors (Lipinski definition) is 1. The zero-order valence-electron chi connectivity index (χ0n) is 12.3. The normalized spacial score (nSPS) is 18.7. The van der Waals surface area contributed by atoms with E-state index in [1.54, 1.807) is 24.4 Å². The Kier molecular flexibility index (Phi) is 5.70. The van der Waals surface area contributed by atoms with Gasteiger partial charge in [0, 0.05) is 24.3 Å². The molecule has 1 atom stereocenters. The zero-order chi connectivity index (χ0) is 16.1. The van der Waals surface area contributed by atoms with E-state index in [0.717, 1.165) is 19.5 Å². The lowest BCUT2D eigenvalue weighted by molar-refractivity contribution is -0.112. The van der Waals surface area contributed by atoms with Gasteiger partial charge in [0.1, 0.15) is 11.6 Å². The second-order valence-corrected chi connectivity index (χ2v) is 6.32. The Bertz CT molecular complexity index is 637. The molecular weight excluding hydrogens is 321 g/mol. The van der Waals surface area contributed by atoms with E-state index in [0.29, 0.717) is 21.7 Å². The lowest BCUT2D eigenvalue weighted by Gasteiger charge is -2.29. The molecule has 1 aromatic rings. The van der Waals surface area contributed by atoms with Crippen molar-refractivity contribution in [2.75, 3.05) is 18.4 Å². The number of halogens is 2. The number of nitrogens with one attached hydrogen (secondary N) is 1. The Balaban J connectivity index is 2.10. The summed E-state index contributed by atoms with van der Waals surface area (Å²) in [6.07, 6.45) is 3.88. The number of amides is 1. The molecule has 1 aliphatic heterocycles. The molecule has 1 aliphatic rings. The number of nitrogens with zero attached hydrogens (tertiary/aromatic N) is 2. The average molecular weight is 338 g/mol. The van der Waals surface area contributed by atoms with Crippen molar-refractivity contribution in [1.82, 2.24) is 4.90 Å². The molecule has 0 aliphatic carbocycles. The first-order chi connectivity index (χ1) is 10.5. The lowest BCUT2D eigenvalue weighted by Crippen LogP contribution is -2.31. The molecule has 0 bridgehead atoms. The molecule has 1 heterocycles. The third-order valence-electron chi connectivity index (χ3n) is 3.54. The third-order valence-corrected chi connectivity index (χ3v) is 4.09. The van der Waals surface area contributed by atoms with Crippen molar-refractivity contribution in [2.45, 2.75) is 19.8 Å². The minimum atomic E-state index is -0.468. The Morgan fingerprint density at radius 2 is 2.27 bits per heavy atom. The maximum Gasteiger partial charge on any atom is 0.267 e. The lowest BCUT2D eigenvalue weighted by atomic mass is 10.0. The van der Waals surface area contributed by atoms with E-state index in [-0.39, 0.29) is 5.57 Å². The first-order valence-corrected chi connectivity index (χ1v) is 7.87. The van der Waals surface area contributed by atoms with Gasteiger partial charge in [-0.25, -0.2) is 0 Å². The number of anilines is 1. The number of rotatable bonds is 3. The minimum absolute atomic E-state index is 0.0696. The van der Waals surface area contributed by atoms with Crippen molar-refractivity contribution in [3.05, 3.63) is 40.0 Å². The third kappa shape index (κ3) is 4.40. The SMILES string of the molecule is CC1CCCN(/C=C(/C#N)C(=O)Nc2ccc(Cl)cc2Cl)C1. The monoisotopic (exact) mass is 337 g/mol. The summed E-state index contributed by atoms with van der Waals surface area (Å²) in [7, 11) is 0. The first-order valence-electron chi connectivity index (χ1n) is 7.12. The molecule has 0 spiro atoms. The number of likely N-dealkylation sites (tertiary alicyclic amines) is 1. The van der Waals surface area contributed by atoms with Crippen LogP contribution in [0.15, 0.2) is 30.0 Å². The van der Waals surface area contributed by atoms with Crippen molar-refractivity contribution in [2.24, 2.45) is 5.92 Å². The van der Waals surface area contributed by atoms with Crippen LogP contribution in [0, 0.1) is 17.2 Å². The molecule has 2 rings (SSSR count). The molecule has 0 aromatic heterocycles. The van der Waals surface area contributed by atoms with Crippen molar-refractivity contribution in [1.29, 1.82) is 5.26 Å². The van der Waals surface area contributed by atoms with E-state index in [9.17, 15) is 10.1 Å². The molecule has 1 aromatic carbocycles. The van der Waals surface area contributed by atoms with Crippen LogP contribution in [0.3, 0.4) is 0 Å². The van der Waals surface area contributed by atoms with Gasteiger partial charge in [0.25, 0.3) is 5.91 Å². The van der Waals surface area contributed by atoms with Crippen LogP contribution in [0.1, 0.15) is 19.8 Å². The van der Waals surface area contributed by atoms with Gasteiger partial charge >= 0.3 is 0 Å². The summed E-state index contributed by atoms with van der Waals surface area (Å²) in [6, 6.07) is 6.74. The van der Waals surface area contributed by atoms with Crippen molar-refractivity contribution in [3.63, 3.8) is 0 Å². The summed E-state index contributed by atoms with van der Waals surface area (Å²) in [4.78, 5) is 14.2. The molecule has 0 radical (unpaired) electrons. The predicted molar refractivity (Wildman–Crippen MR) is 88.8 cm³/mol. The van der Waals surface area contributed by atoms with E-state index < -0.39 is 5.91 Å². The summed E-state index contributed by atoms with van der Waals surface area (Å²) in [5, 5.41) is 12.7. The second kappa shape index (κ2) is 7.53. The molecule has 4 nitrogen and oxygen atoms in total. The fourth-order valence-electron chi connectivity index (χ4n) is 2.44. The first kappa shape index (κ1) is 16.7. The summed E-state index contributed by atoms with van der Waals surface area (Å²) >= 11 is 11.8. The van der Waals surface area contributed by atoms with Gasteiger partial charge < -0.3 is 10.2 Å². The fraction of sp³-hybridized carbons (Fsp3) is 0.375. The Morgan fingerprint density at radius 3 is 2.91 bits per heavy atom. The summed E-state index contributed by atoms with van der Waals surface area (Å²) in [5.41, 5.74) is 0.504. The summed E-state index contributed by atoms with van der Waals surface area (Å²) < 4.78 is 0. The maximum absolute atomic E-state index is 12.2. The van der Waals surface area contributed by atoms with E-state index in [4.69, 9.17) is 23.2 Å². The van der Waals surface area contributed by atoms with Crippen molar-refractivity contribution >= 4 is 34.8 Å². The van der Waals surface area contributed by atoms with E-state index in [1.165, 1.54) is 6.42 Å². The zero-order valence-corrected chi connectivity index (χ0v) is 13.8. The Labute approximate surface area is 140 Å². The Morgan fingerprint density at radius 1 is 1.50 bits per heavy atom. The molecular formula is C16H17Cl2N3O. The van der Waals surface area contributed by atoms with Crippen LogP contribution < -0.4 is 5.32 Å². The van der Waals surface area contributed by atoms with Gasteiger partial charge in [-0.3, -0.25) is 4.79 Å². The Hall–Kier alpha value is -1.70. The quantitative estimate of drug-likeness (QED) is 0.668. The van der Waals surface area contributed by atoms with Crippen molar-refractivity contribution < 1.29 is 4.79 Å². The highest BCUT2D eigenvalue weighted by Crippen LogP contribution is 2.25. The van der Waals surface area contributed by atoms with Crippen LogP contribution in [0.4, 0.5) is 5.69 Å². The standard InChI is InChI=1S/C16H17Cl2N3O/c1-11-3-2-6-21(9-11)10-12(8-19)16(22)20-15-5-4-13(17)7-14(15)18/h4-5,7,10-11H,2-3,6,9H2,1H3,(H,20,22)/b12-10-. The molecule has 1 fully saturated rings. The summed E-state index contributed by atoms with van der Waals surface area (Å²) in [6.45, 7) is 3.89. The minimum Gasteiger partial charge on any atom is -0.376 e. The molecule has 1 unspecified atom stereocenters. The molecule has 1 amide bonds. The van der Waals surface area contributed by atoms with Crippen LogP contribution in [0.25, 0.3) is 0 Å². The number of benzene rings is 1. The van der Waals surface area contributed by atoms with Gasteiger partial charge in [-0.05, 0) is 37.0 Å². The molecule has 1 saturated heterocycles. The highest BCUT2D eigenvalue weighted by Gasteiger charge is 2.17. The van der Waals surface area contributed by atoms with Gasteiger partial charge in [-0.1, -0.05) is 30.1 Å².